The van der Waals surface area contributed by atoms with Crippen LogP contribution in [0.2, 0.25) is 0 Å². The first-order valence-electron chi connectivity index (χ1n) is 11.5. The highest BCUT2D eigenvalue weighted by Crippen LogP contribution is 2.43. The number of hydrogen-bond donors (Lipinski definition) is 0. The predicted molar refractivity (Wildman–Crippen MR) is 116 cm³/mol. The van der Waals surface area contributed by atoms with Gasteiger partial charge in [0.25, 0.3) is 0 Å². The molecule has 0 aliphatic carbocycles. The van der Waals surface area contributed by atoms with E-state index in [9.17, 15) is 14.4 Å². The highest BCUT2D eigenvalue weighted by atomic mass is 16.6. The summed E-state index contributed by atoms with van der Waals surface area (Å²) in [6, 6.07) is 0. The largest absolute Gasteiger partial charge is 0.458 e. The summed E-state index contributed by atoms with van der Waals surface area (Å²) < 4.78 is 16.8. The molecule has 0 bridgehead atoms. The Hall–Kier alpha value is -1.43. The number of hydrogen-bond acceptors (Lipinski definition) is 6. The molecule has 6 nitrogen and oxygen atoms in total. The molecule has 6 heteroatoms. The van der Waals surface area contributed by atoms with E-state index >= 15 is 0 Å². The fourth-order valence-corrected chi connectivity index (χ4v) is 4.86. The summed E-state index contributed by atoms with van der Waals surface area (Å²) in [7, 11) is 1.64. The van der Waals surface area contributed by atoms with E-state index in [1.54, 1.807) is 7.11 Å². The Morgan fingerprint density at radius 2 is 1.80 bits per heavy atom. The van der Waals surface area contributed by atoms with Gasteiger partial charge in [-0.05, 0) is 32.1 Å². The summed E-state index contributed by atoms with van der Waals surface area (Å²) in [6.45, 7) is 14.1. The summed E-state index contributed by atoms with van der Waals surface area (Å²) in [5.74, 6) is -1.24. The third kappa shape index (κ3) is 6.53. The molecule has 0 aromatic rings. The summed E-state index contributed by atoms with van der Waals surface area (Å²) in [5, 5.41) is 0. The summed E-state index contributed by atoms with van der Waals surface area (Å²) in [6.07, 6.45) is 2.52. The standard InChI is InChI=1S/C24H42O6/c1-9-11-16(4)22(26)18(6)19-13-21(25)30-24(19,7)20(10-2)29-23(27)17(5)12-15(3)14-28-8/h15-20H,9-14H2,1-8H3/t15-,16+,17+,18+,19+,20+,24-/m0/s1. The van der Waals surface area contributed by atoms with Crippen molar-refractivity contribution in [3.63, 3.8) is 0 Å². The van der Waals surface area contributed by atoms with E-state index in [2.05, 4.69) is 6.92 Å². The molecule has 0 aromatic heterocycles. The van der Waals surface area contributed by atoms with Crippen LogP contribution in [0.25, 0.3) is 0 Å². The molecule has 30 heavy (non-hydrogen) atoms. The highest BCUT2D eigenvalue weighted by Gasteiger charge is 2.55. The van der Waals surface area contributed by atoms with Gasteiger partial charge in [0.05, 0.1) is 12.3 Å². The second kappa shape index (κ2) is 11.8. The van der Waals surface area contributed by atoms with Crippen molar-refractivity contribution >= 4 is 17.7 Å². The van der Waals surface area contributed by atoms with Crippen LogP contribution in [0, 0.1) is 29.6 Å². The molecule has 1 saturated heterocycles. The quantitative estimate of drug-likeness (QED) is 0.401. The van der Waals surface area contributed by atoms with Crippen molar-refractivity contribution in [1.29, 1.82) is 0 Å². The van der Waals surface area contributed by atoms with Gasteiger partial charge in [-0.2, -0.15) is 0 Å². The number of ether oxygens (including phenoxy) is 3. The van der Waals surface area contributed by atoms with Crippen LogP contribution in [0.3, 0.4) is 0 Å². The lowest BCUT2D eigenvalue weighted by Crippen LogP contribution is -2.50. The van der Waals surface area contributed by atoms with Crippen LogP contribution in [0.1, 0.15) is 80.6 Å². The zero-order valence-electron chi connectivity index (χ0n) is 20.2. The molecule has 1 aliphatic rings. The predicted octanol–water partition coefficient (Wildman–Crippen LogP) is 4.58. The van der Waals surface area contributed by atoms with Gasteiger partial charge in [-0.3, -0.25) is 14.4 Å². The molecule has 0 aromatic carbocycles. The Morgan fingerprint density at radius 3 is 2.33 bits per heavy atom. The molecule has 1 aliphatic heterocycles. The highest BCUT2D eigenvalue weighted by molar-refractivity contribution is 5.85. The maximum Gasteiger partial charge on any atom is 0.309 e. The van der Waals surface area contributed by atoms with Crippen LogP contribution in [0.15, 0.2) is 0 Å². The fourth-order valence-electron chi connectivity index (χ4n) is 4.86. The molecule has 1 rings (SSSR count). The lowest BCUT2D eigenvalue weighted by molar-refractivity contribution is -0.183. The maximum atomic E-state index is 13.0. The number of carbonyl (C=O) groups is 3. The van der Waals surface area contributed by atoms with Gasteiger partial charge in [0, 0.05) is 31.5 Å². The lowest BCUT2D eigenvalue weighted by atomic mass is 9.72. The Labute approximate surface area is 182 Å². The van der Waals surface area contributed by atoms with Gasteiger partial charge >= 0.3 is 11.9 Å². The smallest absolute Gasteiger partial charge is 0.309 e. The first-order valence-corrected chi connectivity index (χ1v) is 11.5. The first kappa shape index (κ1) is 26.6. The summed E-state index contributed by atoms with van der Waals surface area (Å²) in [4.78, 5) is 38.0. The average molecular weight is 427 g/mol. The van der Waals surface area contributed by atoms with E-state index in [4.69, 9.17) is 14.2 Å². The number of carbonyl (C=O) groups excluding carboxylic acids is 3. The maximum absolute atomic E-state index is 13.0. The molecule has 1 fully saturated rings. The Kier molecular flexibility index (Phi) is 10.5. The average Bonchev–Trinajstić information content (AvgIpc) is 2.99. The van der Waals surface area contributed by atoms with E-state index in [1.807, 2.05) is 41.5 Å². The zero-order valence-corrected chi connectivity index (χ0v) is 20.2. The normalized spacial score (nSPS) is 26.4. The summed E-state index contributed by atoms with van der Waals surface area (Å²) in [5.41, 5.74) is -1.000. The SMILES string of the molecule is CCC[C@@H](C)C(=O)[C@H](C)[C@H]1CC(=O)O[C@]1(C)[C@@H](CC)OC(=O)[C@H](C)C[C@H](C)COC. The number of esters is 2. The number of methoxy groups -OCH3 is 1. The van der Waals surface area contributed by atoms with E-state index in [1.165, 1.54) is 0 Å². The van der Waals surface area contributed by atoms with Gasteiger partial charge in [-0.1, -0.05) is 48.0 Å². The molecule has 7 atom stereocenters. The van der Waals surface area contributed by atoms with Crippen molar-refractivity contribution in [1.82, 2.24) is 0 Å². The first-order chi connectivity index (χ1) is 14.0. The van der Waals surface area contributed by atoms with Gasteiger partial charge in [-0.25, -0.2) is 0 Å². The van der Waals surface area contributed by atoms with Gasteiger partial charge in [0.1, 0.15) is 17.5 Å². The number of Topliss-reactive ketones (excluding diaryl/α,β-unsaturated/α-hetero) is 1. The Morgan fingerprint density at radius 1 is 1.17 bits per heavy atom. The van der Waals surface area contributed by atoms with Gasteiger partial charge < -0.3 is 14.2 Å². The molecule has 0 radical (unpaired) electrons. The number of cyclic esters (lactones) is 1. The molecule has 0 amide bonds. The van der Waals surface area contributed by atoms with E-state index in [0.717, 1.165) is 12.8 Å². The van der Waals surface area contributed by atoms with Crippen molar-refractivity contribution in [3.8, 4) is 0 Å². The van der Waals surface area contributed by atoms with Crippen molar-refractivity contribution in [2.24, 2.45) is 29.6 Å². The zero-order chi connectivity index (χ0) is 23.1. The number of rotatable bonds is 13. The molecule has 174 valence electrons. The topological polar surface area (TPSA) is 78.9 Å². The Balaban J connectivity index is 2.97. The second-order valence-electron chi connectivity index (χ2n) is 9.38. The van der Waals surface area contributed by atoms with Crippen molar-refractivity contribution in [3.05, 3.63) is 0 Å². The van der Waals surface area contributed by atoms with Gasteiger partial charge in [-0.15, -0.1) is 0 Å². The van der Waals surface area contributed by atoms with Crippen LogP contribution >= 0.6 is 0 Å². The van der Waals surface area contributed by atoms with Crippen LogP contribution in [0.4, 0.5) is 0 Å². The minimum atomic E-state index is -1.000. The third-order valence-electron chi connectivity index (χ3n) is 6.59. The minimum absolute atomic E-state index is 0.0603. The molecular weight excluding hydrogens is 384 g/mol. The van der Waals surface area contributed by atoms with Crippen LogP contribution < -0.4 is 0 Å². The molecule has 0 spiro atoms. The molecular formula is C24H42O6. The lowest BCUT2D eigenvalue weighted by Gasteiger charge is -2.39. The monoisotopic (exact) mass is 426 g/mol. The Bertz CT molecular complexity index is 588. The molecule has 0 saturated carbocycles. The van der Waals surface area contributed by atoms with E-state index in [0.29, 0.717) is 19.4 Å². The second-order valence-corrected chi connectivity index (χ2v) is 9.38. The van der Waals surface area contributed by atoms with Crippen LogP contribution in [-0.2, 0) is 28.6 Å². The van der Waals surface area contributed by atoms with Crippen molar-refractivity contribution < 1.29 is 28.6 Å². The molecule has 0 N–H and O–H groups in total. The number of ketones is 1. The van der Waals surface area contributed by atoms with Gasteiger partial charge in [0.2, 0.25) is 0 Å². The van der Waals surface area contributed by atoms with E-state index in [-0.39, 0.29) is 53.7 Å². The van der Waals surface area contributed by atoms with Crippen molar-refractivity contribution in [2.45, 2.75) is 92.3 Å². The summed E-state index contributed by atoms with van der Waals surface area (Å²) >= 11 is 0. The third-order valence-corrected chi connectivity index (χ3v) is 6.59. The molecule has 0 unspecified atom stereocenters. The van der Waals surface area contributed by atoms with Crippen LogP contribution in [-0.4, -0.2) is 43.1 Å². The molecule has 1 heterocycles. The van der Waals surface area contributed by atoms with Gasteiger partial charge in [0.15, 0.2) is 0 Å². The fraction of sp³-hybridized carbons (Fsp3) is 0.875. The van der Waals surface area contributed by atoms with E-state index < -0.39 is 11.7 Å². The van der Waals surface area contributed by atoms with Crippen molar-refractivity contribution in [2.75, 3.05) is 13.7 Å². The minimum Gasteiger partial charge on any atom is -0.458 e. The van der Waals surface area contributed by atoms with Crippen LogP contribution in [0.5, 0.6) is 0 Å².